The van der Waals surface area contributed by atoms with Gasteiger partial charge in [0.25, 0.3) is 5.91 Å². The van der Waals surface area contributed by atoms with E-state index in [9.17, 15) is 13.6 Å². The second kappa shape index (κ2) is 5.37. The summed E-state index contributed by atoms with van der Waals surface area (Å²) < 4.78 is 26.0. The molecule has 0 saturated heterocycles. The number of benzene rings is 1. The lowest BCUT2D eigenvalue weighted by molar-refractivity contribution is -0.162. The molecule has 0 atom stereocenters. The second-order valence-corrected chi connectivity index (χ2v) is 2.99. The summed E-state index contributed by atoms with van der Waals surface area (Å²) in [5.74, 6) is -2.40. The quantitative estimate of drug-likeness (QED) is 0.584. The van der Waals surface area contributed by atoms with Crippen LogP contribution in [0.1, 0.15) is 5.56 Å². The molecule has 5 heteroatoms. The maximum Gasteiger partial charge on any atom is 0.269 e. The lowest BCUT2D eigenvalue weighted by Crippen LogP contribution is -2.22. The molecule has 1 amide bonds. The molecule has 0 saturated carbocycles. The molecule has 0 spiro atoms. The highest BCUT2D eigenvalue weighted by molar-refractivity contribution is 5.90. The van der Waals surface area contributed by atoms with Gasteiger partial charge in [-0.05, 0) is 12.1 Å². The number of hydrogen-bond donors (Lipinski definition) is 0. The molecule has 1 aromatic rings. The van der Waals surface area contributed by atoms with E-state index in [1.165, 1.54) is 32.4 Å². The summed E-state index contributed by atoms with van der Waals surface area (Å²) in [7, 11) is 2.74. The van der Waals surface area contributed by atoms with Crippen LogP contribution in [-0.4, -0.2) is 25.1 Å². The van der Waals surface area contributed by atoms with Crippen LogP contribution in [0, 0.1) is 11.6 Å². The van der Waals surface area contributed by atoms with E-state index in [0.717, 1.165) is 17.2 Å². The number of rotatable bonds is 3. The minimum absolute atomic E-state index is 0.0119. The van der Waals surface area contributed by atoms with Crippen molar-refractivity contribution in [2.45, 2.75) is 0 Å². The molecule has 1 rings (SSSR count). The first-order chi connectivity index (χ1) is 7.56. The molecule has 0 aliphatic rings. The zero-order chi connectivity index (χ0) is 12.1. The number of likely N-dealkylation sites (N-methyl/N-ethyl adjacent to an activating group) is 1. The molecule has 0 fully saturated rings. The third-order valence-electron chi connectivity index (χ3n) is 1.97. The summed E-state index contributed by atoms with van der Waals surface area (Å²) in [5, 5.41) is 0.966. The SMILES string of the molecule is CON(C)C(=O)/C=C/c1cccc(F)c1F. The lowest BCUT2D eigenvalue weighted by atomic mass is 10.2. The molecule has 0 aliphatic heterocycles. The molecule has 0 aliphatic carbocycles. The fourth-order valence-corrected chi connectivity index (χ4v) is 1.01. The number of nitrogens with zero attached hydrogens (tertiary/aromatic N) is 1. The Balaban J connectivity index is 2.85. The van der Waals surface area contributed by atoms with E-state index >= 15 is 0 Å². The number of hydrogen-bond acceptors (Lipinski definition) is 2. The third kappa shape index (κ3) is 2.87. The Morgan fingerprint density at radius 2 is 2.12 bits per heavy atom. The van der Waals surface area contributed by atoms with Crippen molar-refractivity contribution in [1.29, 1.82) is 0 Å². The summed E-state index contributed by atoms with van der Waals surface area (Å²) in [4.78, 5) is 15.9. The van der Waals surface area contributed by atoms with Crippen molar-refractivity contribution in [3.8, 4) is 0 Å². The molecule has 1 aromatic carbocycles. The summed E-state index contributed by atoms with van der Waals surface area (Å²) in [6, 6.07) is 3.74. The van der Waals surface area contributed by atoms with E-state index in [-0.39, 0.29) is 5.56 Å². The van der Waals surface area contributed by atoms with Gasteiger partial charge in [0.05, 0.1) is 7.11 Å². The highest BCUT2D eigenvalue weighted by Crippen LogP contribution is 2.12. The maximum absolute atomic E-state index is 13.2. The van der Waals surface area contributed by atoms with Gasteiger partial charge in [0.2, 0.25) is 0 Å². The topological polar surface area (TPSA) is 29.5 Å². The number of carbonyl (C=O) groups excluding carboxylic acids is 1. The number of hydroxylamine groups is 2. The van der Waals surface area contributed by atoms with E-state index in [1.807, 2.05) is 0 Å². The van der Waals surface area contributed by atoms with Gasteiger partial charge >= 0.3 is 0 Å². The Hall–Kier alpha value is -1.75. The largest absolute Gasteiger partial charge is 0.274 e. The van der Waals surface area contributed by atoms with Gasteiger partial charge in [-0.25, -0.2) is 13.8 Å². The number of amides is 1. The fourth-order valence-electron chi connectivity index (χ4n) is 1.01. The normalized spacial score (nSPS) is 10.8. The van der Waals surface area contributed by atoms with Crippen molar-refractivity contribution in [1.82, 2.24) is 5.06 Å². The molecular formula is C11H11F2NO2. The first-order valence-electron chi connectivity index (χ1n) is 4.50. The van der Waals surface area contributed by atoms with Crippen molar-refractivity contribution >= 4 is 12.0 Å². The van der Waals surface area contributed by atoms with Gasteiger partial charge < -0.3 is 0 Å². The Morgan fingerprint density at radius 3 is 2.75 bits per heavy atom. The van der Waals surface area contributed by atoms with Gasteiger partial charge in [-0.3, -0.25) is 9.63 Å². The van der Waals surface area contributed by atoms with Gasteiger partial charge in [-0.1, -0.05) is 12.1 Å². The van der Waals surface area contributed by atoms with E-state index in [2.05, 4.69) is 4.84 Å². The van der Waals surface area contributed by atoms with Gasteiger partial charge in [0.15, 0.2) is 11.6 Å². The standard InChI is InChI=1S/C11H11F2NO2/c1-14(16-2)10(15)7-6-8-4-3-5-9(12)11(8)13/h3-7H,1-2H3/b7-6+. The van der Waals surface area contributed by atoms with Crippen LogP contribution >= 0.6 is 0 Å². The number of carbonyl (C=O) groups is 1. The summed E-state index contributed by atoms with van der Waals surface area (Å²) in [6.45, 7) is 0. The summed E-state index contributed by atoms with van der Waals surface area (Å²) in [6.07, 6.45) is 2.29. The Labute approximate surface area is 91.9 Å². The van der Waals surface area contributed by atoms with Crippen LogP contribution in [0.3, 0.4) is 0 Å². The molecule has 0 unspecified atom stereocenters. The highest BCUT2D eigenvalue weighted by atomic mass is 19.2. The van der Waals surface area contributed by atoms with Gasteiger partial charge in [-0.15, -0.1) is 0 Å². The minimum Gasteiger partial charge on any atom is -0.274 e. The summed E-state index contributed by atoms with van der Waals surface area (Å²) in [5.41, 5.74) is 0.0119. The van der Waals surface area contributed by atoms with Crippen LogP contribution in [-0.2, 0) is 9.63 Å². The predicted molar refractivity (Wildman–Crippen MR) is 55.2 cm³/mol. The maximum atomic E-state index is 13.2. The van der Waals surface area contributed by atoms with Crippen molar-refractivity contribution in [3.63, 3.8) is 0 Å². The van der Waals surface area contributed by atoms with Crippen LogP contribution in [0.5, 0.6) is 0 Å². The molecule has 0 radical (unpaired) electrons. The monoisotopic (exact) mass is 227 g/mol. The van der Waals surface area contributed by atoms with E-state index in [0.29, 0.717) is 0 Å². The Bertz CT molecular complexity index is 418. The average molecular weight is 227 g/mol. The molecule has 0 bridgehead atoms. The molecule has 0 N–H and O–H groups in total. The smallest absolute Gasteiger partial charge is 0.269 e. The van der Waals surface area contributed by atoms with Crippen LogP contribution in [0.25, 0.3) is 6.08 Å². The van der Waals surface area contributed by atoms with Crippen molar-refractivity contribution in [2.24, 2.45) is 0 Å². The molecular weight excluding hydrogens is 216 g/mol. The Kier molecular flexibility index (Phi) is 4.13. The molecule has 0 aromatic heterocycles. The zero-order valence-electron chi connectivity index (χ0n) is 8.91. The lowest BCUT2D eigenvalue weighted by Gasteiger charge is -2.10. The van der Waals surface area contributed by atoms with Crippen LogP contribution in [0.15, 0.2) is 24.3 Å². The minimum atomic E-state index is -0.980. The van der Waals surface area contributed by atoms with Crippen molar-refractivity contribution in [2.75, 3.05) is 14.2 Å². The first kappa shape index (κ1) is 12.3. The Morgan fingerprint density at radius 1 is 1.44 bits per heavy atom. The molecule has 86 valence electrons. The summed E-state index contributed by atoms with van der Waals surface area (Å²) >= 11 is 0. The van der Waals surface area contributed by atoms with Crippen molar-refractivity contribution in [3.05, 3.63) is 41.5 Å². The van der Waals surface area contributed by atoms with Crippen LogP contribution < -0.4 is 0 Å². The predicted octanol–water partition coefficient (Wildman–Crippen LogP) is 2.00. The van der Waals surface area contributed by atoms with E-state index in [1.54, 1.807) is 0 Å². The molecule has 0 heterocycles. The average Bonchev–Trinajstić information content (AvgIpc) is 2.29. The second-order valence-electron chi connectivity index (χ2n) is 2.99. The van der Waals surface area contributed by atoms with Gasteiger partial charge in [0, 0.05) is 18.7 Å². The van der Waals surface area contributed by atoms with Gasteiger partial charge in [0.1, 0.15) is 0 Å². The highest BCUT2D eigenvalue weighted by Gasteiger charge is 2.06. The van der Waals surface area contributed by atoms with Gasteiger partial charge in [-0.2, -0.15) is 0 Å². The van der Waals surface area contributed by atoms with Crippen LogP contribution in [0.2, 0.25) is 0 Å². The molecule has 16 heavy (non-hydrogen) atoms. The zero-order valence-corrected chi connectivity index (χ0v) is 8.91. The number of halogens is 2. The molecule has 3 nitrogen and oxygen atoms in total. The van der Waals surface area contributed by atoms with E-state index in [4.69, 9.17) is 0 Å². The fraction of sp³-hybridized carbons (Fsp3) is 0.182. The van der Waals surface area contributed by atoms with Crippen LogP contribution in [0.4, 0.5) is 8.78 Å². The first-order valence-corrected chi connectivity index (χ1v) is 4.50. The van der Waals surface area contributed by atoms with Crippen molar-refractivity contribution < 1.29 is 18.4 Å². The van der Waals surface area contributed by atoms with E-state index < -0.39 is 17.5 Å². The third-order valence-corrected chi connectivity index (χ3v) is 1.97.